The van der Waals surface area contributed by atoms with Crippen molar-refractivity contribution in [1.29, 1.82) is 0 Å². The maximum Gasteiger partial charge on any atom is 0.367 e. The Morgan fingerprint density at radius 2 is 2.11 bits per heavy atom. The molecule has 1 heterocycles. The number of imidazole rings is 1. The van der Waals surface area contributed by atoms with Crippen molar-refractivity contribution in [2.75, 3.05) is 0 Å². The zero-order chi connectivity index (χ0) is 14.0. The first kappa shape index (κ1) is 13.4. The second-order valence-corrected chi connectivity index (χ2v) is 4.36. The number of aromatic nitrogens is 2. The Labute approximate surface area is 118 Å². The fraction of sp³-hybridized carbons (Fsp3) is 0.0909. The Balaban J connectivity index is 2.27. The number of benzene rings is 1. The van der Waals surface area contributed by atoms with Gasteiger partial charge in [0.15, 0.2) is 0 Å². The summed E-state index contributed by atoms with van der Waals surface area (Å²) in [6.07, 6.45) is 1.13. The van der Waals surface area contributed by atoms with E-state index in [0.29, 0.717) is 16.6 Å². The maximum absolute atomic E-state index is 10.8. The third-order valence-corrected chi connectivity index (χ3v) is 2.83. The highest BCUT2D eigenvalue weighted by Gasteiger charge is 2.23. The largest absolute Gasteiger partial charge is 0.414 e. The summed E-state index contributed by atoms with van der Waals surface area (Å²) in [6.45, 7) is 1.60. The number of hydrogen-bond donors (Lipinski definition) is 0. The van der Waals surface area contributed by atoms with Crippen LogP contribution in [0.15, 0.2) is 30.5 Å². The number of thiocarbonyl (C=S) groups is 1. The van der Waals surface area contributed by atoms with Gasteiger partial charge in [0.05, 0.1) is 0 Å². The monoisotopic (exact) mass is 297 g/mol. The molecule has 0 aliphatic heterocycles. The average molecular weight is 298 g/mol. The van der Waals surface area contributed by atoms with E-state index in [1.807, 2.05) is 0 Å². The van der Waals surface area contributed by atoms with Gasteiger partial charge in [0.1, 0.15) is 11.9 Å². The van der Waals surface area contributed by atoms with Crippen molar-refractivity contribution in [3.8, 4) is 5.75 Å². The molecule has 0 atom stereocenters. The summed E-state index contributed by atoms with van der Waals surface area (Å²) >= 11 is 10.8. The fourth-order valence-electron chi connectivity index (χ4n) is 1.44. The molecule has 0 saturated heterocycles. The normalized spacial score (nSPS) is 10.2. The molecule has 2 aromatic rings. The van der Waals surface area contributed by atoms with Crippen LogP contribution in [0.2, 0.25) is 5.02 Å². The Kier molecular flexibility index (Phi) is 3.77. The third kappa shape index (κ3) is 2.88. The number of nitro groups is 1. The Morgan fingerprint density at radius 1 is 1.47 bits per heavy atom. The van der Waals surface area contributed by atoms with Crippen molar-refractivity contribution >= 4 is 34.8 Å². The molecular formula is C11H8ClN3O3S. The third-order valence-electron chi connectivity index (χ3n) is 2.31. The molecule has 0 radical (unpaired) electrons. The van der Waals surface area contributed by atoms with E-state index in [4.69, 9.17) is 28.6 Å². The van der Waals surface area contributed by atoms with Gasteiger partial charge in [-0.2, -0.15) is 0 Å². The van der Waals surface area contributed by atoms with Crippen LogP contribution in [-0.4, -0.2) is 19.6 Å². The average Bonchev–Trinajstić information content (AvgIpc) is 2.74. The second-order valence-electron chi connectivity index (χ2n) is 3.58. The van der Waals surface area contributed by atoms with Gasteiger partial charge in [0.25, 0.3) is 0 Å². The molecule has 1 aromatic carbocycles. The van der Waals surface area contributed by atoms with Gasteiger partial charge in [-0.15, -0.1) is 4.57 Å². The van der Waals surface area contributed by atoms with Crippen LogP contribution in [-0.2, 0) is 0 Å². The van der Waals surface area contributed by atoms with Gasteiger partial charge in [-0.05, 0) is 29.2 Å². The Hall–Kier alpha value is -1.99. The SMILES string of the molecule is Cc1ncc([N+](=O)[O-])n1C(=S)Oc1ccc(Cl)cc1. The van der Waals surface area contributed by atoms with Gasteiger partial charge < -0.3 is 14.9 Å². The summed E-state index contributed by atoms with van der Waals surface area (Å²) in [6, 6.07) is 6.50. The smallest absolute Gasteiger partial charge is 0.367 e. The lowest BCUT2D eigenvalue weighted by atomic mass is 10.3. The number of halogens is 1. The van der Waals surface area contributed by atoms with Crippen molar-refractivity contribution in [2.45, 2.75) is 6.92 Å². The van der Waals surface area contributed by atoms with Crippen molar-refractivity contribution < 1.29 is 9.66 Å². The van der Waals surface area contributed by atoms with Gasteiger partial charge >= 0.3 is 11.0 Å². The zero-order valence-electron chi connectivity index (χ0n) is 9.74. The van der Waals surface area contributed by atoms with Crippen LogP contribution in [0, 0.1) is 17.0 Å². The van der Waals surface area contributed by atoms with E-state index in [-0.39, 0.29) is 11.0 Å². The van der Waals surface area contributed by atoms with E-state index in [2.05, 4.69) is 4.98 Å². The molecule has 0 bridgehead atoms. The number of ether oxygens (including phenoxy) is 1. The highest BCUT2D eigenvalue weighted by molar-refractivity contribution is 7.80. The van der Waals surface area contributed by atoms with E-state index in [9.17, 15) is 10.1 Å². The van der Waals surface area contributed by atoms with Crippen LogP contribution >= 0.6 is 23.8 Å². The van der Waals surface area contributed by atoms with Crippen molar-refractivity contribution in [1.82, 2.24) is 9.55 Å². The minimum Gasteiger partial charge on any atom is -0.414 e. The molecule has 0 aliphatic carbocycles. The van der Waals surface area contributed by atoms with Crippen LogP contribution in [0.5, 0.6) is 5.75 Å². The van der Waals surface area contributed by atoms with Gasteiger partial charge in [-0.3, -0.25) is 0 Å². The molecule has 1 aromatic heterocycles. The van der Waals surface area contributed by atoms with Crippen molar-refractivity contribution in [2.24, 2.45) is 0 Å². The second kappa shape index (κ2) is 5.33. The minimum atomic E-state index is -0.572. The Bertz CT molecular complexity index is 639. The molecular weight excluding hydrogens is 290 g/mol. The van der Waals surface area contributed by atoms with Crippen LogP contribution in [0.1, 0.15) is 5.82 Å². The molecule has 0 unspecified atom stereocenters. The van der Waals surface area contributed by atoms with Crippen LogP contribution in [0.3, 0.4) is 0 Å². The molecule has 98 valence electrons. The van der Waals surface area contributed by atoms with Gasteiger partial charge in [0, 0.05) is 24.2 Å². The highest BCUT2D eigenvalue weighted by Crippen LogP contribution is 2.19. The van der Waals surface area contributed by atoms with Crippen molar-refractivity contribution in [3.63, 3.8) is 0 Å². The molecule has 0 aliphatic rings. The summed E-state index contributed by atoms with van der Waals surface area (Å²) in [7, 11) is 0. The van der Waals surface area contributed by atoms with E-state index in [1.54, 1.807) is 31.2 Å². The lowest BCUT2D eigenvalue weighted by Crippen LogP contribution is -2.19. The first-order valence-electron chi connectivity index (χ1n) is 5.15. The first-order valence-corrected chi connectivity index (χ1v) is 5.94. The topological polar surface area (TPSA) is 70.2 Å². The standard InChI is InChI=1S/C11H8ClN3O3S/c1-7-13-6-10(15(16)17)14(7)11(19)18-9-4-2-8(12)3-5-9/h2-6H,1H3. The van der Waals surface area contributed by atoms with E-state index >= 15 is 0 Å². The predicted molar refractivity (Wildman–Crippen MR) is 73.7 cm³/mol. The molecule has 19 heavy (non-hydrogen) atoms. The predicted octanol–water partition coefficient (Wildman–Crippen LogP) is 2.97. The van der Waals surface area contributed by atoms with Crippen LogP contribution in [0.4, 0.5) is 5.82 Å². The minimum absolute atomic E-state index is 0.0657. The van der Waals surface area contributed by atoms with Crippen LogP contribution in [0.25, 0.3) is 0 Å². The van der Waals surface area contributed by atoms with Gasteiger partial charge in [-0.25, -0.2) is 4.98 Å². The number of aryl methyl sites for hydroxylation is 1. The summed E-state index contributed by atoms with van der Waals surface area (Å²) in [5.74, 6) is 0.582. The summed E-state index contributed by atoms with van der Waals surface area (Å²) in [5, 5.41) is 11.3. The number of hydrogen-bond acceptors (Lipinski definition) is 5. The molecule has 0 saturated carbocycles. The van der Waals surface area contributed by atoms with Crippen LogP contribution < -0.4 is 4.74 Å². The summed E-state index contributed by atoms with van der Waals surface area (Å²) in [4.78, 5) is 14.1. The van der Waals surface area contributed by atoms with Gasteiger partial charge in [0.2, 0.25) is 5.82 Å². The molecule has 6 nitrogen and oxygen atoms in total. The molecule has 8 heteroatoms. The zero-order valence-corrected chi connectivity index (χ0v) is 11.3. The van der Waals surface area contributed by atoms with E-state index < -0.39 is 4.92 Å². The van der Waals surface area contributed by atoms with E-state index in [1.165, 1.54) is 0 Å². The first-order chi connectivity index (χ1) is 8.99. The van der Waals surface area contributed by atoms with E-state index in [0.717, 1.165) is 10.8 Å². The lowest BCUT2D eigenvalue weighted by molar-refractivity contribution is -0.390. The molecule has 0 spiro atoms. The fourth-order valence-corrected chi connectivity index (χ4v) is 1.88. The Morgan fingerprint density at radius 3 is 2.68 bits per heavy atom. The summed E-state index contributed by atoms with van der Waals surface area (Å²) in [5.41, 5.74) is 0. The quantitative estimate of drug-likeness (QED) is 0.484. The molecule has 0 fully saturated rings. The highest BCUT2D eigenvalue weighted by atomic mass is 35.5. The summed E-state index contributed by atoms with van der Waals surface area (Å²) < 4.78 is 6.53. The number of nitrogens with zero attached hydrogens (tertiary/aromatic N) is 3. The van der Waals surface area contributed by atoms with Gasteiger partial charge in [-0.1, -0.05) is 11.6 Å². The lowest BCUT2D eigenvalue weighted by Gasteiger charge is -2.05. The molecule has 2 rings (SSSR count). The number of rotatable bonds is 2. The van der Waals surface area contributed by atoms with Crippen molar-refractivity contribution in [3.05, 3.63) is 51.4 Å². The maximum atomic E-state index is 10.8. The molecule has 0 amide bonds. The molecule has 0 N–H and O–H groups in total.